The molecule has 2 heterocycles. The first-order valence-corrected chi connectivity index (χ1v) is 14.0. The van der Waals surface area contributed by atoms with E-state index in [0.717, 1.165) is 25.7 Å². The number of carboxylic acid groups (broad SMARTS) is 1. The highest BCUT2D eigenvalue weighted by Gasteiger charge is 2.45. The van der Waals surface area contributed by atoms with Crippen molar-refractivity contribution >= 4 is 11.8 Å². The number of aliphatic carboxylic acids is 1. The van der Waals surface area contributed by atoms with E-state index in [1.165, 1.54) is 18.4 Å². The molecular weight excluding hydrogens is 450 g/mol. The molecule has 1 unspecified atom stereocenters. The first kappa shape index (κ1) is 26.7. The average Bonchev–Trinajstić information content (AvgIpc) is 3.56. The van der Waals surface area contributed by atoms with Gasteiger partial charge in [-0.1, -0.05) is 57.6 Å². The smallest absolute Gasteiger partial charge is 0.308 e. The first-order valence-electron chi connectivity index (χ1n) is 14.0. The minimum atomic E-state index is -0.799. The molecule has 196 valence electrons. The molecule has 9 atom stereocenters. The lowest BCUT2D eigenvalue weighted by Crippen LogP contribution is -2.40. The summed E-state index contributed by atoms with van der Waals surface area (Å²) in [5.41, 5.74) is 1.90. The van der Waals surface area contributed by atoms with Crippen LogP contribution >= 0.6 is 0 Å². The summed E-state index contributed by atoms with van der Waals surface area (Å²) < 4.78 is 6.35. The molecular formula is C31H43NO4. The van der Waals surface area contributed by atoms with Gasteiger partial charge in [-0.3, -0.25) is 9.59 Å². The predicted octanol–water partition coefficient (Wildman–Crippen LogP) is 6.85. The molecule has 0 bridgehead atoms. The van der Waals surface area contributed by atoms with Crippen molar-refractivity contribution in [1.29, 1.82) is 0 Å². The van der Waals surface area contributed by atoms with E-state index in [2.05, 4.69) is 56.1 Å². The van der Waals surface area contributed by atoms with E-state index < -0.39 is 11.9 Å². The van der Waals surface area contributed by atoms with Crippen molar-refractivity contribution in [3.63, 3.8) is 0 Å². The summed E-state index contributed by atoms with van der Waals surface area (Å²) in [6, 6.07) is 3.80. The number of aromatic amines is 1. The second kappa shape index (κ2) is 11.8. The fraction of sp³-hybridized carbons (Fsp3) is 0.613. The summed E-state index contributed by atoms with van der Waals surface area (Å²) in [5.74, 6) is 0.846. The number of carbonyl (C=O) groups is 2. The van der Waals surface area contributed by atoms with E-state index in [1.807, 2.05) is 18.3 Å². The molecule has 0 radical (unpaired) electrons. The maximum atomic E-state index is 13.6. The second-order valence-electron chi connectivity index (χ2n) is 11.2. The van der Waals surface area contributed by atoms with E-state index in [0.29, 0.717) is 29.4 Å². The van der Waals surface area contributed by atoms with Crippen molar-refractivity contribution in [3.05, 3.63) is 60.0 Å². The highest BCUT2D eigenvalue weighted by Crippen LogP contribution is 2.49. The van der Waals surface area contributed by atoms with Crippen molar-refractivity contribution in [2.75, 3.05) is 0 Å². The maximum absolute atomic E-state index is 13.6. The molecule has 1 aromatic heterocycles. The highest BCUT2D eigenvalue weighted by molar-refractivity contribution is 5.97. The number of ketones is 1. The fourth-order valence-electron chi connectivity index (χ4n) is 6.88. The van der Waals surface area contributed by atoms with Gasteiger partial charge in [-0.25, -0.2) is 0 Å². The topological polar surface area (TPSA) is 79.4 Å². The number of ether oxygens (including phenoxy) is 1. The van der Waals surface area contributed by atoms with Crippen LogP contribution in [0.2, 0.25) is 0 Å². The molecule has 1 aromatic rings. The van der Waals surface area contributed by atoms with Gasteiger partial charge in [-0.2, -0.15) is 0 Å². The van der Waals surface area contributed by atoms with Crippen LogP contribution < -0.4 is 0 Å². The Balaban J connectivity index is 1.55. The van der Waals surface area contributed by atoms with Crippen molar-refractivity contribution in [2.45, 2.75) is 78.4 Å². The minimum Gasteiger partial charge on any atom is -0.481 e. The number of carbonyl (C=O) groups excluding carboxylic acids is 1. The lowest BCUT2D eigenvalue weighted by atomic mass is 9.68. The Bertz CT molecular complexity index is 990. The van der Waals surface area contributed by atoms with E-state index in [9.17, 15) is 14.7 Å². The number of carboxylic acids is 1. The molecule has 2 aliphatic carbocycles. The lowest BCUT2D eigenvalue weighted by Gasteiger charge is -2.38. The molecule has 5 heteroatoms. The number of hydrogen-bond acceptors (Lipinski definition) is 3. The molecule has 4 rings (SSSR count). The summed E-state index contributed by atoms with van der Waals surface area (Å²) >= 11 is 0. The second-order valence-corrected chi connectivity index (χ2v) is 11.2. The number of allylic oxidation sites excluding steroid dienone is 5. The van der Waals surface area contributed by atoms with Crippen molar-refractivity contribution in [3.8, 4) is 0 Å². The van der Waals surface area contributed by atoms with Gasteiger partial charge in [-0.15, -0.1) is 0 Å². The molecule has 36 heavy (non-hydrogen) atoms. The lowest BCUT2D eigenvalue weighted by molar-refractivity contribution is -0.152. The number of Topliss-reactive ketones (excluding diaryl/α,β-unsaturated/α-hetero) is 1. The van der Waals surface area contributed by atoms with Crippen LogP contribution in [-0.4, -0.2) is 34.1 Å². The number of hydrogen-bond donors (Lipinski definition) is 2. The Morgan fingerprint density at radius 2 is 2.00 bits per heavy atom. The number of rotatable bonds is 9. The quantitative estimate of drug-likeness (QED) is 0.224. The molecule has 0 spiro atoms. The van der Waals surface area contributed by atoms with Crippen LogP contribution in [0.25, 0.3) is 0 Å². The molecule has 2 N–H and O–H groups in total. The van der Waals surface area contributed by atoms with Gasteiger partial charge in [0.25, 0.3) is 0 Å². The highest BCUT2D eigenvalue weighted by atomic mass is 16.5. The van der Waals surface area contributed by atoms with E-state index in [-0.39, 0.29) is 29.8 Å². The van der Waals surface area contributed by atoms with Gasteiger partial charge >= 0.3 is 5.97 Å². The third-order valence-corrected chi connectivity index (χ3v) is 9.14. The summed E-state index contributed by atoms with van der Waals surface area (Å²) in [6.45, 7) is 8.33. The van der Waals surface area contributed by atoms with Gasteiger partial charge in [0.1, 0.15) is 0 Å². The van der Waals surface area contributed by atoms with Crippen LogP contribution in [-0.2, 0) is 9.53 Å². The standard InChI is InChI=1S/C31H43NO4/c1-5-21-13-16-25-24(21)15-14-23(28(25)29(33)26-11-8-18-32-26)10-7-9-22(6-2)30-19(3)12-17-27(36-30)20(4)31(34)35/h7-11,14-15,18-21,23-25,27-28,30,32H,5-6,12-13,16-17H2,1-4H3,(H,34,35)/b10-7+,22-9+/t19-,20+,21-,23-,24+,25+,27?,28+,30+/m0/s1. The summed E-state index contributed by atoms with van der Waals surface area (Å²) in [7, 11) is 0. The predicted molar refractivity (Wildman–Crippen MR) is 143 cm³/mol. The SMILES string of the molecule is CC/C(=C\C=C\[C@H]1C=C[C@@H]2[C@@H](CC)CC[C@H]2[C@@H]1C(=O)c1ccc[nH]1)[C@@H]1OC([C@@H](C)C(=O)O)CC[C@@H]1C. The zero-order chi connectivity index (χ0) is 25.8. The third-order valence-electron chi connectivity index (χ3n) is 9.14. The minimum absolute atomic E-state index is 0.0458. The maximum Gasteiger partial charge on any atom is 0.308 e. The number of nitrogens with one attached hydrogen (secondary N) is 1. The molecule has 0 aromatic carbocycles. The van der Waals surface area contributed by atoms with Gasteiger partial charge in [0.05, 0.1) is 23.8 Å². The van der Waals surface area contributed by atoms with Gasteiger partial charge in [-0.05, 0) is 80.4 Å². The van der Waals surface area contributed by atoms with Crippen LogP contribution in [0.15, 0.2) is 54.3 Å². The fourth-order valence-corrected chi connectivity index (χ4v) is 6.88. The first-order chi connectivity index (χ1) is 17.3. The van der Waals surface area contributed by atoms with Gasteiger partial charge in [0.2, 0.25) is 0 Å². The van der Waals surface area contributed by atoms with Crippen LogP contribution in [0.3, 0.4) is 0 Å². The third kappa shape index (κ3) is 5.46. The van der Waals surface area contributed by atoms with E-state index >= 15 is 0 Å². The van der Waals surface area contributed by atoms with Crippen LogP contribution in [0, 0.1) is 41.4 Å². The zero-order valence-corrected chi connectivity index (χ0v) is 22.2. The van der Waals surface area contributed by atoms with Crippen molar-refractivity contribution in [2.24, 2.45) is 41.4 Å². The summed E-state index contributed by atoms with van der Waals surface area (Å²) in [6.07, 6.45) is 18.7. The van der Waals surface area contributed by atoms with Gasteiger partial charge in [0, 0.05) is 18.0 Å². The number of aromatic nitrogens is 1. The molecule has 1 saturated carbocycles. The molecule has 1 saturated heterocycles. The largest absolute Gasteiger partial charge is 0.481 e. The Kier molecular flexibility index (Phi) is 8.71. The summed E-state index contributed by atoms with van der Waals surface area (Å²) in [5, 5.41) is 9.46. The number of fused-ring (bicyclic) bond motifs is 1. The monoisotopic (exact) mass is 493 g/mol. The van der Waals surface area contributed by atoms with Crippen LogP contribution in [0.1, 0.15) is 76.7 Å². The Morgan fingerprint density at radius 3 is 2.67 bits per heavy atom. The Morgan fingerprint density at radius 1 is 1.19 bits per heavy atom. The van der Waals surface area contributed by atoms with E-state index in [4.69, 9.17) is 4.74 Å². The van der Waals surface area contributed by atoms with E-state index in [1.54, 1.807) is 6.92 Å². The van der Waals surface area contributed by atoms with Gasteiger partial charge in [0.15, 0.2) is 5.78 Å². The number of H-pyrrole nitrogens is 1. The molecule has 2 fully saturated rings. The summed E-state index contributed by atoms with van der Waals surface area (Å²) in [4.78, 5) is 28.3. The zero-order valence-electron chi connectivity index (χ0n) is 22.2. The van der Waals surface area contributed by atoms with Crippen LogP contribution in [0.4, 0.5) is 0 Å². The molecule has 0 amide bonds. The Hall–Kier alpha value is -2.40. The van der Waals surface area contributed by atoms with Crippen LogP contribution in [0.5, 0.6) is 0 Å². The average molecular weight is 494 g/mol. The van der Waals surface area contributed by atoms with Gasteiger partial charge < -0.3 is 14.8 Å². The Labute approximate surface area is 216 Å². The van der Waals surface area contributed by atoms with Crippen molar-refractivity contribution < 1.29 is 19.4 Å². The molecule has 1 aliphatic heterocycles. The molecule has 5 nitrogen and oxygen atoms in total. The normalized spacial score (nSPS) is 35.6. The van der Waals surface area contributed by atoms with Crippen molar-refractivity contribution in [1.82, 2.24) is 4.98 Å². The molecule has 3 aliphatic rings.